The van der Waals surface area contributed by atoms with Gasteiger partial charge in [-0.3, -0.25) is 4.99 Å². The van der Waals surface area contributed by atoms with Gasteiger partial charge in [0.25, 0.3) is 0 Å². The van der Waals surface area contributed by atoms with Crippen molar-refractivity contribution in [3.05, 3.63) is 205 Å². The fourth-order valence-corrected chi connectivity index (χ4v) is 7.52. The summed E-state index contributed by atoms with van der Waals surface area (Å²) in [6, 6.07) is 66.2. The summed E-state index contributed by atoms with van der Waals surface area (Å²) in [4.78, 5) is 7.72. The van der Waals surface area contributed by atoms with Crippen molar-refractivity contribution in [3.63, 3.8) is 0 Å². The van der Waals surface area contributed by atoms with Gasteiger partial charge in [0.15, 0.2) is 0 Å². The molecular formula is C48H33N3O. The Morgan fingerprint density at radius 3 is 2.02 bits per heavy atom. The van der Waals surface area contributed by atoms with Crippen LogP contribution >= 0.6 is 0 Å². The van der Waals surface area contributed by atoms with Crippen molar-refractivity contribution in [2.45, 2.75) is 6.17 Å². The molecule has 1 aliphatic heterocycles. The Hall–Kier alpha value is -6.91. The Morgan fingerprint density at radius 1 is 0.481 bits per heavy atom. The second kappa shape index (κ2) is 12.4. The number of para-hydroxylation sites is 2. The van der Waals surface area contributed by atoms with E-state index in [4.69, 9.17) is 9.41 Å². The second-order valence-electron chi connectivity index (χ2n) is 13.2. The molecule has 4 heteroatoms. The molecule has 8 aromatic carbocycles. The van der Waals surface area contributed by atoms with Gasteiger partial charge in [-0.05, 0) is 82.7 Å². The van der Waals surface area contributed by atoms with Gasteiger partial charge in [0.1, 0.15) is 17.3 Å². The molecule has 1 aliphatic rings. The molecule has 0 radical (unpaired) electrons. The maximum absolute atomic E-state index is 6.58. The third-order valence-corrected chi connectivity index (χ3v) is 10.1. The number of hydrogen-bond acceptors (Lipinski definition) is 4. The summed E-state index contributed by atoms with van der Waals surface area (Å²) in [6.45, 7) is 0. The van der Waals surface area contributed by atoms with Crippen molar-refractivity contribution in [2.75, 3.05) is 10.2 Å². The van der Waals surface area contributed by atoms with Crippen LogP contribution in [0.5, 0.6) is 0 Å². The van der Waals surface area contributed by atoms with Crippen LogP contribution in [0, 0.1) is 0 Å². The van der Waals surface area contributed by atoms with Gasteiger partial charge in [-0.1, -0.05) is 127 Å². The van der Waals surface area contributed by atoms with Crippen LogP contribution in [0.2, 0.25) is 0 Å². The lowest BCUT2D eigenvalue weighted by molar-refractivity contribution is 0.672. The molecule has 4 nitrogen and oxygen atoms in total. The monoisotopic (exact) mass is 667 g/mol. The minimum Gasteiger partial charge on any atom is -0.455 e. The molecule has 0 amide bonds. The number of fused-ring (bicyclic) bond motifs is 6. The standard InChI is InChI=1S/C48H33N3O/c1-3-12-32(13-4-1)33-22-26-38(27-23-33)51(37-16-5-2-6-17-37)39-18-11-15-36(30-39)48-49-44-21-10-9-20-43(44)46(50-48)35-25-28-41-42-29-24-34-14-7-8-19-40(34)47(42)52-45(41)31-35/h1-31,48-49H. The highest BCUT2D eigenvalue weighted by molar-refractivity contribution is 6.20. The van der Waals surface area contributed by atoms with E-state index in [1.807, 2.05) is 0 Å². The largest absolute Gasteiger partial charge is 0.455 e. The van der Waals surface area contributed by atoms with Crippen LogP contribution in [0.15, 0.2) is 197 Å². The zero-order valence-corrected chi connectivity index (χ0v) is 28.3. The number of rotatable bonds is 6. The van der Waals surface area contributed by atoms with Crippen molar-refractivity contribution in [1.29, 1.82) is 0 Å². The van der Waals surface area contributed by atoms with Crippen molar-refractivity contribution in [1.82, 2.24) is 0 Å². The first kappa shape index (κ1) is 30.0. The van der Waals surface area contributed by atoms with E-state index in [0.29, 0.717) is 0 Å². The van der Waals surface area contributed by atoms with Crippen molar-refractivity contribution in [2.24, 2.45) is 4.99 Å². The third-order valence-electron chi connectivity index (χ3n) is 10.1. The molecule has 9 aromatic rings. The highest BCUT2D eigenvalue weighted by Gasteiger charge is 2.24. The van der Waals surface area contributed by atoms with Gasteiger partial charge in [-0.2, -0.15) is 0 Å². The summed E-state index contributed by atoms with van der Waals surface area (Å²) in [5.74, 6) is 0. The minimum absolute atomic E-state index is 0.293. The van der Waals surface area contributed by atoms with Crippen LogP contribution in [-0.2, 0) is 0 Å². The topological polar surface area (TPSA) is 40.8 Å². The normalized spacial score (nSPS) is 13.8. The van der Waals surface area contributed by atoms with Gasteiger partial charge in [-0.25, -0.2) is 0 Å². The van der Waals surface area contributed by atoms with Gasteiger partial charge >= 0.3 is 0 Å². The fourth-order valence-electron chi connectivity index (χ4n) is 7.52. The average Bonchev–Trinajstić information content (AvgIpc) is 3.60. The number of nitrogens with zero attached hydrogens (tertiary/aromatic N) is 2. The molecule has 0 saturated carbocycles. The number of nitrogens with one attached hydrogen (secondary N) is 1. The Kier molecular flexibility index (Phi) is 7.17. The number of benzene rings is 8. The van der Waals surface area contributed by atoms with Gasteiger partial charge in [-0.15, -0.1) is 0 Å². The molecule has 10 rings (SSSR count). The Bertz CT molecular complexity index is 2770. The first-order valence-electron chi connectivity index (χ1n) is 17.7. The van der Waals surface area contributed by atoms with Crippen LogP contribution in [0.3, 0.4) is 0 Å². The average molecular weight is 668 g/mol. The van der Waals surface area contributed by atoms with Crippen LogP contribution in [0.1, 0.15) is 22.9 Å². The SMILES string of the molecule is c1ccc(-c2ccc(N(c3ccccc3)c3cccc(C4N=C(c5ccc6c(c5)oc5c7ccccc7ccc65)c5ccccc5N4)c3)cc2)cc1. The zero-order valence-electron chi connectivity index (χ0n) is 28.3. The van der Waals surface area contributed by atoms with Crippen LogP contribution in [-0.4, -0.2) is 5.71 Å². The Labute approximate surface area is 301 Å². The predicted molar refractivity (Wildman–Crippen MR) is 216 cm³/mol. The Morgan fingerprint density at radius 2 is 1.15 bits per heavy atom. The summed E-state index contributed by atoms with van der Waals surface area (Å²) in [7, 11) is 0. The fraction of sp³-hybridized carbons (Fsp3) is 0.0208. The molecule has 0 aliphatic carbocycles. The zero-order chi connectivity index (χ0) is 34.4. The summed E-state index contributed by atoms with van der Waals surface area (Å²) < 4.78 is 6.58. The smallest absolute Gasteiger partial charge is 0.145 e. The summed E-state index contributed by atoms with van der Waals surface area (Å²) in [5.41, 5.74) is 12.6. The van der Waals surface area contributed by atoms with E-state index in [2.05, 4.69) is 198 Å². The van der Waals surface area contributed by atoms with Gasteiger partial charge in [0.2, 0.25) is 0 Å². The molecule has 0 spiro atoms. The van der Waals surface area contributed by atoms with E-state index in [0.717, 1.165) is 72.5 Å². The summed E-state index contributed by atoms with van der Waals surface area (Å²) in [5, 5.41) is 8.26. The molecule has 1 atom stereocenters. The van der Waals surface area contributed by atoms with Gasteiger partial charge in [0.05, 0.1) is 5.71 Å². The molecule has 1 aromatic heterocycles. The van der Waals surface area contributed by atoms with Crippen LogP contribution in [0.4, 0.5) is 22.7 Å². The van der Waals surface area contributed by atoms with E-state index in [9.17, 15) is 0 Å². The highest BCUT2D eigenvalue weighted by Crippen LogP contribution is 2.40. The number of furan rings is 1. The lowest BCUT2D eigenvalue weighted by Gasteiger charge is -2.29. The van der Waals surface area contributed by atoms with Crippen LogP contribution in [0.25, 0.3) is 43.8 Å². The van der Waals surface area contributed by atoms with E-state index >= 15 is 0 Å². The maximum Gasteiger partial charge on any atom is 0.145 e. The van der Waals surface area contributed by atoms with E-state index in [-0.39, 0.29) is 6.17 Å². The second-order valence-corrected chi connectivity index (χ2v) is 13.2. The molecule has 0 fully saturated rings. The van der Waals surface area contributed by atoms with Gasteiger partial charge < -0.3 is 14.6 Å². The Balaban J connectivity index is 1.06. The molecular weight excluding hydrogens is 635 g/mol. The quantitative estimate of drug-likeness (QED) is 0.192. The molecule has 1 unspecified atom stereocenters. The molecule has 0 saturated heterocycles. The first-order valence-corrected chi connectivity index (χ1v) is 17.7. The van der Waals surface area contributed by atoms with Crippen molar-refractivity contribution < 1.29 is 4.42 Å². The number of aliphatic imine (C=N–C) groups is 1. The highest BCUT2D eigenvalue weighted by atomic mass is 16.3. The molecule has 0 bridgehead atoms. The van der Waals surface area contributed by atoms with E-state index in [1.54, 1.807) is 0 Å². The number of anilines is 4. The van der Waals surface area contributed by atoms with Crippen LogP contribution < -0.4 is 10.2 Å². The van der Waals surface area contributed by atoms with Gasteiger partial charge in [0, 0.05) is 50.0 Å². The predicted octanol–water partition coefficient (Wildman–Crippen LogP) is 12.8. The van der Waals surface area contributed by atoms with Crippen molar-refractivity contribution in [3.8, 4) is 11.1 Å². The number of hydrogen-bond donors (Lipinski definition) is 1. The summed E-state index contributed by atoms with van der Waals surface area (Å²) >= 11 is 0. The van der Waals surface area contributed by atoms with Crippen molar-refractivity contribution >= 4 is 61.2 Å². The molecule has 246 valence electrons. The third kappa shape index (κ3) is 5.21. The molecule has 2 heterocycles. The molecule has 1 N–H and O–H groups in total. The van der Waals surface area contributed by atoms with E-state index in [1.165, 1.54) is 16.5 Å². The summed E-state index contributed by atoms with van der Waals surface area (Å²) in [6.07, 6.45) is -0.293. The van der Waals surface area contributed by atoms with E-state index < -0.39 is 0 Å². The lowest BCUT2D eigenvalue weighted by Crippen LogP contribution is -2.21. The minimum atomic E-state index is -0.293. The lowest BCUT2D eigenvalue weighted by atomic mass is 9.96. The first-order chi connectivity index (χ1) is 25.8. The molecule has 52 heavy (non-hydrogen) atoms. The maximum atomic E-state index is 6.58.